The maximum absolute atomic E-state index is 5.76. The van der Waals surface area contributed by atoms with Gasteiger partial charge in [0.15, 0.2) is 0 Å². The van der Waals surface area contributed by atoms with Gasteiger partial charge in [0.2, 0.25) is 0 Å². The van der Waals surface area contributed by atoms with Crippen LogP contribution in [-0.4, -0.2) is 7.05 Å². The van der Waals surface area contributed by atoms with E-state index in [0.29, 0.717) is 6.04 Å². The van der Waals surface area contributed by atoms with Gasteiger partial charge in [0.05, 0.1) is 16.8 Å². The maximum Gasteiger partial charge on any atom is 0.135 e. The molecule has 1 heterocycles. The average Bonchev–Trinajstić information content (AvgIpc) is 2.79. The third kappa shape index (κ3) is 1.92. The van der Waals surface area contributed by atoms with Crippen LogP contribution in [0.3, 0.4) is 0 Å². The maximum atomic E-state index is 5.76. The summed E-state index contributed by atoms with van der Waals surface area (Å²) >= 11 is 3.64. The van der Waals surface area contributed by atoms with Gasteiger partial charge < -0.3 is 9.73 Å². The Morgan fingerprint density at radius 3 is 2.26 bits per heavy atom. The highest BCUT2D eigenvalue weighted by Gasteiger charge is 2.51. The van der Waals surface area contributed by atoms with Crippen LogP contribution in [0.4, 0.5) is 0 Å². The summed E-state index contributed by atoms with van der Waals surface area (Å²) in [6.45, 7) is 0. The van der Waals surface area contributed by atoms with Crippen LogP contribution in [-0.2, 0) is 0 Å². The molecule has 104 valence electrons. The second-order valence-electron chi connectivity index (χ2n) is 6.91. The number of halogens is 1. The number of hydrogen-bond donors (Lipinski definition) is 1. The van der Waals surface area contributed by atoms with Gasteiger partial charge >= 0.3 is 0 Å². The fourth-order valence-corrected chi connectivity index (χ4v) is 5.99. The van der Waals surface area contributed by atoms with Crippen molar-refractivity contribution in [3.05, 3.63) is 22.6 Å². The standard InChI is InChI=1S/C16H22BrNO/c1-18-15(16-13(17)2-3-19-16)14-11-5-9-4-10(7-11)8-12(14)6-9/h2-3,9-12,14-15,18H,4-8H2,1H3. The van der Waals surface area contributed by atoms with Gasteiger partial charge in [-0.15, -0.1) is 0 Å². The van der Waals surface area contributed by atoms with E-state index in [2.05, 4.69) is 28.3 Å². The fraction of sp³-hybridized carbons (Fsp3) is 0.750. The second kappa shape index (κ2) is 4.63. The van der Waals surface area contributed by atoms with Gasteiger partial charge in [-0.1, -0.05) is 0 Å². The number of nitrogens with one attached hydrogen (secondary N) is 1. The van der Waals surface area contributed by atoms with Crippen molar-refractivity contribution in [1.29, 1.82) is 0 Å². The summed E-state index contributed by atoms with van der Waals surface area (Å²) in [7, 11) is 2.09. The van der Waals surface area contributed by atoms with E-state index in [1.54, 1.807) is 6.26 Å². The van der Waals surface area contributed by atoms with Gasteiger partial charge in [0.25, 0.3) is 0 Å². The van der Waals surface area contributed by atoms with Crippen molar-refractivity contribution < 1.29 is 4.42 Å². The van der Waals surface area contributed by atoms with Crippen LogP contribution in [0.15, 0.2) is 21.2 Å². The molecule has 0 saturated heterocycles. The van der Waals surface area contributed by atoms with E-state index in [1.807, 2.05) is 6.07 Å². The normalized spacial score (nSPS) is 41.7. The Morgan fingerprint density at radius 1 is 1.16 bits per heavy atom. The molecule has 0 aliphatic heterocycles. The van der Waals surface area contributed by atoms with Crippen molar-refractivity contribution in [2.45, 2.75) is 38.1 Å². The first-order valence-electron chi connectivity index (χ1n) is 7.66. The Labute approximate surface area is 123 Å². The van der Waals surface area contributed by atoms with E-state index in [0.717, 1.165) is 39.8 Å². The van der Waals surface area contributed by atoms with Crippen molar-refractivity contribution in [2.24, 2.45) is 29.6 Å². The van der Waals surface area contributed by atoms with E-state index < -0.39 is 0 Å². The second-order valence-corrected chi connectivity index (χ2v) is 7.76. The first-order valence-corrected chi connectivity index (χ1v) is 8.45. The zero-order chi connectivity index (χ0) is 13.0. The van der Waals surface area contributed by atoms with Crippen LogP contribution in [0.25, 0.3) is 0 Å². The Balaban J connectivity index is 1.66. The molecular formula is C16H22BrNO. The summed E-state index contributed by atoms with van der Waals surface area (Å²) in [5.74, 6) is 5.81. The summed E-state index contributed by atoms with van der Waals surface area (Å²) in [6, 6.07) is 2.41. The third-order valence-electron chi connectivity index (χ3n) is 5.92. The molecule has 19 heavy (non-hydrogen) atoms. The summed E-state index contributed by atoms with van der Waals surface area (Å²) < 4.78 is 6.89. The summed E-state index contributed by atoms with van der Waals surface area (Å²) in [5.41, 5.74) is 0. The van der Waals surface area contributed by atoms with E-state index in [-0.39, 0.29) is 0 Å². The molecule has 1 aromatic rings. The zero-order valence-corrected chi connectivity index (χ0v) is 13.0. The molecule has 1 atom stereocenters. The zero-order valence-electron chi connectivity index (χ0n) is 11.4. The number of hydrogen-bond acceptors (Lipinski definition) is 2. The summed E-state index contributed by atoms with van der Waals surface area (Å²) in [6.07, 6.45) is 9.19. The highest BCUT2D eigenvalue weighted by molar-refractivity contribution is 9.10. The smallest absolute Gasteiger partial charge is 0.135 e. The van der Waals surface area contributed by atoms with Gasteiger partial charge in [-0.25, -0.2) is 0 Å². The highest BCUT2D eigenvalue weighted by atomic mass is 79.9. The molecule has 4 aliphatic rings. The van der Waals surface area contributed by atoms with Gasteiger partial charge in [-0.2, -0.15) is 0 Å². The van der Waals surface area contributed by atoms with E-state index in [1.165, 1.54) is 32.1 Å². The third-order valence-corrected chi connectivity index (χ3v) is 6.58. The molecule has 0 radical (unpaired) electrons. The quantitative estimate of drug-likeness (QED) is 0.893. The van der Waals surface area contributed by atoms with Crippen LogP contribution in [0, 0.1) is 29.6 Å². The molecule has 4 saturated carbocycles. The predicted molar refractivity (Wildman–Crippen MR) is 78.7 cm³/mol. The lowest BCUT2D eigenvalue weighted by Crippen LogP contribution is -2.49. The number of rotatable bonds is 3. The molecule has 2 nitrogen and oxygen atoms in total. The molecule has 0 amide bonds. The Hall–Kier alpha value is -0.280. The molecule has 1 unspecified atom stereocenters. The molecule has 4 bridgehead atoms. The Kier molecular flexibility index (Phi) is 3.03. The largest absolute Gasteiger partial charge is 0.466 e. The van der Waals surface area contributed by atoms with Crippen LogP contribution < -0.4 is 5.32 Å². The lowest BCUT2D eigenvalue weighted by atomic mass is 9.50. The first-order chi connectivity index (χ1) is 9.26. The van der Waals surface area contributed by atoms with Gasteiger partial charge in [-0.3, -0.25) is 0 Å². The molecule has 4 fully saturated rings. The molecular weight excluding hydrogens is 302 g/mol. The minimum atomic E-state index is 0.388. The molecule has 5 rings (SSSR count). The van der Waals surface area contributed by atoms with Crippen LogP contribution >= 0.6 is 15.9 Å². The van der Waals surface area contributed by atoms with Gasteiger partial charge in [0.1, 0.15) is 5.76 Å². The Morgan fingerprint density at radius 2 is 1.79 bits per heavy atom. The summed E-state index contributed by atoms with van der Waals surface area (Å²) in [5, 5.41) is 3.55. The van der Waals surface area contributed by atoms with Crippen molar-refractivity contribution in [3.8, 4) is 0 Å². The summed E-state index contributed by atoms with van der Waals surface area (Å²) in [4.78, 5) is 0. The van der Waals surface area contributed by atoms with Crippen LogP contribution in [0.1, 0.15) is 43.9 Å². The van der Waals surface area contributed by atoms with Crippen molar-refractivity contribution in [2.75, 3.05) is 7.05 Å². The minimum Gasteiger partial charge on any atom is -0.466 e. The van der Waals surface area contributed by atoms with Crippen molar-refractivity contribution >= 4 is 15.9 Å². The average molecular weight is 324 g/mol. The minimum absolute atomic E-state index is 0.388. The van der Waals surface area contributed by atoms with Crippen molar-refractivity contribution in [1.82, 2.24) is 5.32 Å². The molecule has 1 N–H and O–H groups in total. The lowest BCUT2D eigenvalue weighted by Gasteiger charge is -2.56. The SMILES string of the molecule is CNC(c1occc1Br)C1C2CC3CC(C2)CC1C3. The van der Waals surface area contributed by atoms with E-state index >= 15 is 0 Å². The molecule has 3 heteroatoms. The van der Waals surface area contributed by atoms with E-state index in [4.69, 9.17) is 4.42 Å². The Bertz CT molecular complexity index is 441. The number of furan rings is 1. The fourth-order valence-electron chi connectivity index (χ4n) is 5.54. The molecule has 4 aliphatic carbocycles. The molecule has 1 aromatic heterocycles. The van der Waals surface area contributed by atoms with Crippen molar-refractivity contribution in [3.63, 3.8) is 0 Å². The molecule has 0 aromatic carbocycles. The predicted octanol–water partition coefficient (Wildman–Crippen LogP) is 4.37. The lowest BCUT2D eigenvalue weighted by molar-refractivity contribution is -0.0544. The first kappa shape index (κ1) is 12.5. The van der Waals surface area contributed by atoms with Gasteiger partial charge in [-0.05, 0) is 90.7 Å². The van der Waals surface area contributed by atoms with E-state index in [9.17, 15) is 0 Å². The monoisotopic (exact) mass is 323 g/mol. The van der Waals surface area contributed by atoms with Crippen LogP contribution in [0.5, 0.6) is 0 Å². The van der Waals surface area contributed by atoms with Gasteiger partial charge in [0, 0.05) is 0 Å². The topological polar surface area (TPSA) is 25.2 Å². The van der Waals surface area contributed by atoms with Crippen LogP contribution in [0.2, 0.25) is 0 Å². The molecule has 0 spiro atoms. The highest BCUT2D eigenvalue weighted by Crippen LogP contribution is 2.59.